The maximum Gasteiger partial charge on any atom is 0.254 e. The topological polar surface area (TPSA) is 115 Å². The number of nitrogens with one attached hydrogen (secondary N) is 1. The van der Waals surface area contributed by atoms with Gasteiger partial charge in [0.1, 0.15) is 5.82 Å². The third kappa shape index (κ3) is 7.64. The van der Waals surface area contributed by atoms with Gasteiger partial charge in [-0.1, -0.05) is 72.8 Å². The first-order valence-electron chi connectivity index (χ1n) is 19.8. The van der Waals surface area contributed by atoms with Crippen molar-refractivity contribution in [2.75, 3.05) is 54.1 Å². The highest BCUT2D eigenvalue weighted by molar-refractivity contribution is 5.98. The highest BCUT2D eigenvalue weighted by Crippen LogP contribution is 2.42. The van der Waals surface area contributed by atoms with E-state index in [4.69, 9.17) is 19.2 Å². The average molecular weight is 767 g/mol. The average Bonchev–Trinajstić information content (AvgIpc) is 4.05. The van der Waals surface area contributed by atoms with E-state index in [-0.39, 0.29) is 29.1 Å². The molecule has 11 heteroatoms. The van der Waals surface area contributed by atoms with Crippen molar-refractivity contribution < 1.29 is 23.8 Å². The van der Waals surface area contributed by atoms with Crippen LogP contribution in [0.25, 0.3) is 11.0 Å². The first-order valence-corrected chi connectivity index (χ1v) is 19.8. The number of rotatable bonds is 14. The lowest BCUT2D eigenvalue weighted by Gasteiger charge is -2.36. The number of amides is 1. The van der Waals surface area contributed by atoms with Crippen LogP contribution >= 0.6 is 0 Å². The van der Waals surface area contributed by atoms with Crippen molar-refractivity contribution in [3.8, 4) is 17.2 Å². The molecule has 0 radical (unpaired) electrons. The Morgan fingerprint density at radius 1 is 0.860 bits per heavy atom. The molecular weight excluding hydrogens is 717 g/mol. The number of ketones is 1. The number of Topliss-reactive ketones (excluding diaryl/α,β-unsaturated/α-hetero) is 1. The quantitative estimate of drug-likeness (QED) is 0.114. The van der Waals surface area contributed by atoms with Crippen LogP contribution in [0.15, 0.2) is 109 Å². The summed E-state index contributed by atoms with van der Waals surface area (Å²) in [7, 11) is 4.67. The fourth-order valence-corrected chi connectivity index (χ4v) is 8.92. The summed E-state index contributed by atoms with van der Waals surface area (Å²) in [5.41, 5.74) is 4.45. The number of hydrogen-bond donors (Lipinski definition) is 1. The number of methoxy groups -OCH3 is 3. The fourth-order valence-electron chi connectivity index (χ4n) is 8.92. The molecule has 2 fully saturated rings. The Hall–Kier alpha value is -5.94. The molecule has 1 amide bonds. The molecule has 0 bridgehead atoms. The minimum atomic E-state index is -0.227. The zero-order chi connectivity index (χ0) is 39.4. The molecule has 4 aromatic carbocycles. The van der Waals surface area contributed by atoms with Crippen LogP contribution in [0.4, 0.5) is 0 Å². The number of ether oxygens (including phenoxy) is 3. The Kier molecular flexibility index (Phi) is 11.1. The van der Waals surface area contributed by atoms with E-state index < -0.39 is 0 Å². The van der Waals surface area contributed by atoms with Crippen LogP contribution in [0, 0.1) is 5.92 Å². The van der Waals surface area contributed by atoms with Crippen LogP contribution in [0.5, 0.6) is 17.2 Å². The Balaban J connectivity index is 0.979. The summed E-state index contributed by atoms with van der Waals surface area (Å²) >= 11 is 0. The number of likely N-dealkylation sites (tertiary alicyclic amines) is 2. The number of aromatic nitrogens is 4. The van der Waals surface area contributed by atoms with Gasteiger partial charge in [-0.15, -0.1) is 0 Å². The van der Waals surface area contributed by atoms with Gasteiger partial charge < -0.3 is 33.6 Å². The second-order valence-corrected chi connectivity index (χ2v) is 15.2. The Labute approximate surface area is 333 Å². The van der Waals surface area contributed by atoms with E-state index in [1.54, 1.807) is 39.7 Å². The van der Waals surface area contributed by atoms with Crippen molar-refractivity contribution in [1.82, 2.24) is 29.3 Å². The largest absolute Gasteiger partial charge is 0.493 e. The summed E-state index contributed by atoms with van der Waals surface area (Å²) < 4.78 is 18.7. The first kappa shape index (κ1) is 38.0. The lowest BCUT2D eigenvalue weighted by Crippen LogP contribution is -2.41. The summed E-state index contributed by atoms with van der Waals surface area (Å²) in [4.78, 5) is 46.0. The Morgan fingerprint density at radius 2 is 1.54 bits per heavy atom. The highest BCUT2D eigenvalue weighted by Gasteiger charge is 2.42. The van der Waals surface area contributed by atoms with Gasteiger partial charge in [0, 0.05) is 48.8 Å². The molecular formula is C46H50N6O5. The number of H-pyrrole nitrogens is 1. The molecule has 8 rings (SSSR count). The second kappa shape index (κ2) is 16.7. The number of para-hydroxylation sites is 2. The number of carbonyl (C=O) groups excluding carboxylic acids is 2. The van der Waals surface area contributed by atoms with Crippen LogP contribution in [0.1, 0.15) is 69.7 Å². The van der Waals surface area contributed by atoms with Gasteiger partial charge in [0.05, 0.1) is 38.4 Å². The molecule has 294 valence electrons. The lowest BCUT2D eigenvalue weighted by atomic mass is 9.76. The first-order chi connectivity index (χ1) is 27.9. The van der Waals surface area contributed by atoms with Crippen LogP contribution in [-0.2, 0) is 11.8 Å². The normalized spacial score (nSPS) is 18.1. The van der Waals surface area contributed by atoms with Crippen molar-refractivity contribution in [2.45, 2.75) is 43.6 Å². The molecule has 0 spiro atoms. The molecule has 11 nitrogen and oxygen atoms in total. The smallest absolute Gasteiger partial charge is 0.254 e. The van der Waals surface area contributed by atoms with E-state index in [9.17, 15) is 9.59 Å². The van der Waals surface area contributed by atoms with Gasteiger partial charge in [0.25, 0.3) is 5.91 Å². The molecule has 2 unspecified atom stereocenters. The summed E-state index contributed by atoms with van der Waals surface area (Å²) in [6.45, 7) is 3.77. The Bertz CT molecular complexity index is 2280. The standard InChI is InChI=1S/C46H50N6O5/c1-55-39-29-34(30-40(56-2)42(39)57-3)45(54)51-27-21-46(31-51,35-14-8-5-9-15-35)20-26-50-24-18-33(19-25-50)41(53)44-49-36-16-10-11-17-37(36)52(44)38(43-47-22-23-48-43)28-32-12-6-4-7-13-32/h4-17,22-23,29-30,33,38H,18-21,24-28,31H2,1-3H3,(H,47,48). The number of nitrogens with zero attached hydrogens (tertiary/aromatic N) is 5. The Morgan fingerprint density at radius 3 is 2.21 bits per heavy atom. The molecule has 2 saturated heterocycles. The molecule has 4 heterocycles. The predicted molar refractivity (Wildman–Crippen MR) is 219 cm³/mol. The van der Waals surface area contributed by atoms with Gasteiger partial charge in [-0.25, -0.2) is 9.97 Å². The van der Waals surface area contributed by atoms with Crippen LogP contribution in [0.3, 0.4) is 0 Å². The van der Waals surface area contributed by atoms with Gasteiger partial charge >= 0.3 is 0 Å². The summed E-state index contributed by atoms with van der Waals surface area (Å²) in [6.07, 6.45) is 7.55. The number of hydrogen-bond acceptors (Lipinski definition) is 8. The zero-order valence-corrected chi connectivity index (χ0v) is 32.9. The van der Waals surface area contributed by atoms with E-state index in [0.717, 1.165) is 67.7 Å². The van der Waals surface area contributed by atoms with Crippen molar-refractivity contribution in [1.29, 1.82) is 0 Å². The lowest BCUT2D eigenvalue weighted by molar-refractivity contribution is 0.0777. The van der Waals surface area contributed by atoms with Crippen LogP contribution in [0.2, 0.25) is 0 Å². The predicted octanol–water partition coefficient (Wildman–Crippen LogP) is 7.39. The molecule has 2 aliphatic heterocycles. The van der Waals surface area contributed by atoms with Crippen LogP contribution in [-0.4, -0.2) is 95.1 Å². The number of piperidine rings is 1. The summed E-state index contributed by atoms with van der Waals surface area (Å²) in [5, 5.41) is 0. The van der Waals surface area contributed by atoms with Crippen LogP contribution < -0.4 is 14.2 Å². The SMILES string of the molecule is COc1cc(C(=O)N2CCC(CCN3CCC(C(=O)c4nc5ccccc5n4C(Cc4ccccc4)c4ncc[nH]4)CC3)(c3ccccc3)C2)cc(OC)c1OC. The summed E-state index contributed by atoms with van der Waals surface area (Å²) in [5.74, 6) is 2.57. The van der Waals surface area contributed by atoms with Crippen molar-refractivity contribution in [2.24, 2.45) is 5.92 Å². The van der Waals surface area contributed by atoms with Crippen molar-refractivity contribution >= 4 is 22.7 Å². The summed E-state index contributed by atoms with van der Waals surface area (Å²) in [6, 6.07) is 32.2. The van der Waals surface area contributed by atoms with E-state index >= 15 is 0 Å². The molecule has 57 heavy (non-hydrogen) atoms. The van der Waals surface area contributed by atoms with Crippen molar-refractivity contribution in [3.05, 3.63) is 138 Å². The van der Waals surface area contributed by atoms with Gasteiger partial charge in [0.15, 0.2) is 17.3 Å². The third-order valence-electron chi connectivity index (χ3n) is 12.0. The monoisotopic (exact) mass is 766 g/mol. The van der Waals surface area contributed by atoms with Gasteiger partial charge in [-0.3, -0.25) is 9.59 Å². The number of aromatic amines is 1. The molecule has 0 saturated carbocycles. The van der Waals surface area contributed by atoms with E-state index in [0.29, 0.717) is 48.1 Å². The van der Waals surface area contributed by atoms with Gasteiger partial charge in [-0.2, -0.15) is 0 Å². The van der Waals surface area contributed by atoms with Gasteiger partial charge in [-0.05, 0) is 80.7 Å². The molecule has 1 N–H and O–H groups in total. The molecule has 2 atom stereocenters. The zero-order valence-electron chi connectivity index (χ0n) is 32.9. The maximum absolute atomic E-state index is 14.6. The molecule has 6 aromatic rings. The number of benzene rings is 4. The highest BCUT2D eigenvalue weighted by atomic mass is 16.5. The maximum atomic E-state index is 14.6. The molecule has 0 aliphatic carbocycles. The third-order valence-corrected chi connectivity index (χ3v) is 12.0. The van der Waals surface area contributed by atoms with E-state index in [1.165, 1.54) is 5.56 Å². The second-order valence-electron chi connectivity index (χ2n) is 15.2. The minimum Gasteiger partial charge on any atom is -0.493 e. The number of carbonyl (C=O) groups is 2. The van der Waals surface area contributed by atoms with E-state index in [2.05, 4.69) is 55.8 Å². The van der Waals surface area contributed by atoms with Gasteiger partial charge in [0.2, 0.25) is 11.5 Å². The molecule has 2 aromatic heterocycles. The molecule has 2 aliphatic rings. The minimum absolute atomic E-state index is 0.0598. The van der Waals surface area contributed by atoms with E-state index in [1.807, 2.05) is 59.6 Å². The number of imidazole rings is 2. The number of fused-ring (bicyclic) bond motifs is 1. The fraction of sp³-hybridized carbons (Fsp3) is 0.348. The van der Waals surface area contributed by atoms with Crippen molar-refractivity contribution in [3.63, 3.8) is 0 Å².